The molecule has 1 amide bonds. The van der Waals surface area contributed by atoms with Crippen LogP contribution < -0.4 is 10.6 Å². The Morgan fingerprint density at radius 3 is 2.70 bits per heavy atom. The number of anilines is 2. The molecule has 0 radical (unpaired) electrons. The molecule has 0 aliphatic rings. The molecule has 124 valence electrons. The molecule has 0 fully saturated rings. The number of carbonyl (C=O) groups excluding carboxylic acids is 1. The van der Waals surface area contributed by atoms with E-state index in [0.29, 0.717) is 22.2 Å². The molecule has 0 aliphatic heterocycles. The summed E-state index contributed by atoms with van der Waals surface area (Å²) in [5.41, 5.74) is 1.91. The molecule has 0 bridgehead atoms. The summed E-state index contributed by atoms with van der Waals surface area (Å²) in [5, 5.41) is 19.1. The van der Waals surface area contributed by atoms with Gasteiger partial charge < -0.3 is 14.9 Å². The predicted molar refractivity (Wildman–Crippen MR) is 89.7 cm³/mol. The zero-order valence-corrected chi connectivity index (χ0v) is 14.1. The summed E-state index contributed by atoms with van der Waals surface area (Å²) in [6.45, 7) is 5.95. The third kappa shape index (κ3) is 4.71. The molecule has 0 saturated carbocycles. The van der Waals surface area contributed by atoms with Crippen molar-refractivity contribution < 1.29 is 14.4 Å². The van der Waals surface area contributed by atoms with Crippen molar-refractivity contribution in [1.82, 2.24) is 5.16 Å². The van der Waals surface area contributed by atoms with Crippen molar-refractivity contribution in [2.45, 2.75) is 32.8 Å². The molecule has 6 nitrogen and oxygen atoms in total. The van der Waals surface area contributed by atoms with E-state index in [1.54, 1.807) is 24.3 Å². The third-order valence-electron chi connectivity index (χ3n) is 3.19. The fraction of sp³-hybridized carbons (Fsp3) is 0.375. The number of hydrogen-bond acceptors (Lipinski definition) is 5. The maximum Gasteiger partial charge on any atom is 0.246 e. The van der Waals surface area contributed by atoms with Crippen molar-refractivity contribution in [3.63, 3.8) is 0 Å². The second-order valence-corrected chi connectivity index (χ2v) is 6.61. The highest BCUT2D eigenvalue weighted by atomic mass is 35.5. The summed E-state index contributed by atoms with van der Waals surface area (Å²) in [5.74, 6) is 0.0176. The smallest absolute Gasteiger partial charge is 0.246 e. The van der Waals surface area contributed by atoms with Gasteiger partial charge in [0.25, 0.3) is 0 Å². The van der Waals surface area contributed by atoms with Gasteiger partial charge in [0.2, 0.25) is 11.8 Å². The van der Waals surface area contributed by atoms with Crippen LogP contribution in [0.1, 0.15) is 32.0 Å². The molecule has 2 aromatic rings. The minimum absolute atomic E-state index is 0.0140. The van der Waals surface area contributed by atoms with Gasteiger partial charge >= 0.3 is 0 Å². The summed E-state index contributed by atoms with van der Waals surface area (Å²) in [7, 11) is 0. The molecule has 0 aliphatic carbocycles. The van der Waals surface area contributed by atoms with E-state index in [4.69, 9.17) is 21.2 Å². The molecule has 1 aromatic carbocycles. The Labute approximate surface area is 139 Å². The van der Waals surface area contributed by atoms with Gasteiger partial charge in [-0.3, -0.25) is 10.1 Å². The first kappa shape index (κ1) is 17.3. The van der Waals surface area contributed by atoms with Crippen molar-refractivity contribution in [2.24, 2.45) is 0 Å². The number of nitrogens with one attached hydrogen (secondary N) is 2. The summed E-state index contributed by atoms with van der Waals surface area (Å²) in [6, 6.07) is 6.79. The Morgan fingerprint density at radius 1 is 1.35 bits per heavy atom. The van der Waals surface area contributed by atoms with Gasteiger partial charge in [0.05, 0.1) is 29.6 Å². The van der Waals surface area contributed by atoms with E-state index in [-0.39, 0.29) is 24.5 Å². The minimum Gasteiger partial charge on any atom is -0.392 e. The first-order chi connectivity index (χ1) is 10.8. The van der Waals surface area contributed by atoms with E-state index in [0.717, 1.165) is 5.69 Å². The molecular formula is C16H20ClN3O3. The molecule has 1 heterocycles. The average Bonchev–Trinajstić information content (AvgIpc) is 2.95. The maximum absolute atomic E-state index is 12.0. The van der Waals surface area contributed by atoms with Crippen molar-refractivity contribution in [2.75, 3.05) is 17.2 Å². The lowest BCUT2D eigenvalue weighted by Crippen LogP contribution is -2.21. The standard InChI is InChI=1S/C16H20ClN3O3/c1-16(2,3)13-7-15(23-20-13)19-14(22)8-18-12-6-10(9-21)4-5-11(12)17/h4-7,18,21H,8-9H2,1-3H3,(H,19,22). The van der Waals surface area contributed by atoms with Crippen LogP contribution in [0.2, 0.25) is 5.02 Å². The maximum atomic E-state index is 12.0. The number of aliphatic hydroxyl groups excluding tert-OH is 1. The predicted octanol–water partition coefficient (Wildman–Crippen LogP) is 3.17. The zero-order valence-electron chi connectivity index (χ0n) is 13.3. The lowest BCUT2D eigenvalue weighted by Gasteiger charge is -2.12. The zero-order chi connectivity index (χ0) is 17.0. The summed E-state index contributed by atoms with van der Waals surface area (Å²) < 4.78 is 5.11. The second-order valence-electron chi connectivity index (χ2n) is 6.20. The molecule has 0 unspecified atom stereocenters. The quantitative estimate of drug-likeness (QED) is 0.780. The summed E-state index contributed by atoms with van der Waals surface area (Å²) >= 11 is 6.05. The number of aromatic nitrogens is 1. The van der Waals surface area contributed by atoms with Crippen LogP contribution in [-0.2, 0) is 16.8 Å². The van der Waals surface area contributed by atoms with Crippen molar-refractivity contribution >= 4 is 29.1 Å². The van der Waals surface area contributed by atoms with Crippen LogP contribution in [-0.4, -0.2) is 22.7 Å². The molecule has 3 N–H and O–H groups in total. The molecule has 1 aromatic heterocycles. The lowest BCUT2D eigenvalue weighted by atomic mass is 9.92. The van der Waals surface area contributed by atoms with Gasteiger partial charge in [0.15, 0.2) is 0 Å². The molecule has 23 heavy (non-hydrogen) atoms. The molecule has 0 saturated heterocycles. The first-order valence-electron chi connectivity index (χ1n) is 7.20. The first-order valence-corrected chi connectivity index (χ1v) is 7.57. The average molecular weight is 338 g/mol. The molecule has 0 spiro atoms. The Morgan fingerprint density at radius 2 is 2.09 bits per heavy atom. The Balaban J connectivity index is 1.94. The summed E-state index contributed by atoms with van der Waals surface area (Å²) in [4.78, 5) is 12.0. The van der Waals surface area contributed by atoms with Crippen LogP contribution in [0.25, 0.3) is 0 Å². The van der Waals surface area contributed by atoms with Crippen LogP contribution in [0.4, 0.5) is 11.6 Å². The van der Waals surface area contributed by atoms with Gasteiger partial charge in [-0.25, -0.2) is 0 Å². The van der Waals surface area contributed by atoms with Crippen LogP contribution in [0.3, 0.4) is 0 Å². The van der Waals surface area contributed by atoms with E-state index in [2.05, 4.69) is 15.8 Å². The number of nitrogens with zero attached hydrogens (tertiary/aromatic N) is 1. The van der Waals surface area contributed by atoms with E-state index >= 15 is 0 Å². The fourth-order valence-corrected chi connectivity index (χ4v) is 2.04. The summed E-state index contributed by atoms with van der Waals surface area (Å²) in [6.07, 6.45) is 0. The highest BCUT2D eigenvalue weighted by Gasteiger charge is 2.19. The van der Waals surface area contributed by atoms with Crippen LogP contribution >= 0.6 is 11.6 Å². The highest BCUT2D eigenvalue weighted by Crippen LogP contribution is 2.24. The second kappa shape index (κ2) is 7.02. The van der Waals surface area contributed by atoms with Crippen molar-refractivity contribution in [3.05, 3.63) is 40.5 Å². The van der Waals surface area contributed by atoms with Crippen molar-refractivity contribution in [3.8, 4) is 0 Å². The van der Waals surface area contributed by atoms with Gasteiger partial charge in [-0.2, -0.15) is 0 Å². The Hall–Kier alpha value is -2.05. The van der Waals surface area contributed by atoms with Gasteiger partial charge in [-0.15, -0.1) is 0 Å². The van der Waals surface area contributed by atoms with E-state index in [9.17, 15) is 4.79 Å². The van der Waals surface area contributed by atoms with Crippen LogP contribution in [0.15, 0.2) is 28.8 Å². The fourth-order valence-electron chi connectivity index (χ4n) is 1.85. The molecule has 2 rings (SSSR count). The number of halogens is 1. The topological polar surface area (TPSA) is 87.4 Å². The van der Waals surface area contributed by atoms with E-state index < -0.39 is 0 Å². The molecule has 0 atom stereocenters. The SMILES string of the molecule is CC(C)(C)c1cc(NC(=O)CNc2cc(CO)ccc2Cl)on1. The van der Waals surface area contributed by atoms with Gasteiger partial charge in [0.1, 0.15) is 0 Å². The van der Waals surface area contributed by atoms with E-state index in [1.165, 1.54) is 0 Å². The monoisotopic (exact) mass is 337 g/mol. The third-order valence-corrected chi connectivity index (χ3v) is 3.52. The normalized spacial score (nSPS) is 11.3. The van der Waals surface area contributed by atoms with Gasteiger partial charge in [-0.05, 0) is 17.7 Å². The molecular weight excluding hydrogens is 318 g/mol. The number of benzene rings is 1. The van der Waals surface area contributed by atoms with Crippen molar-refractivity contribution in [1.29, 1.82) is 0 Å². The lowest BCUT2D eigenvalue weighted by molar-refractivity contribution is -0.114. The Kier molecular flexibility index (Phi) is 5.28. The van der Waals surface area contributed by atoms with E-state index in [1.807, 2.05) is 20.8 Å². The highest BCUT2D eigenvalue weighted by molar-refractivity contribution is 6.33. The van der Waals surface area contributed by atoms with Gasteiger partial charge in [0, 0.05) is 11.5 Å². The number of rotatable bonds is 5. The number of amides is 1. The number of hydrogen-bond donors (Lipinski definition) is 3. The van der Waals surface area contributed by atoms with Gasteiger partial charge in [-0.1, -0.05) is 43.6 Å². The largest absolute Gasteiger partial charge is 0.392 e. The molecule has 7 heteroatoms. The minimum atomic E-state index is -0.285. The number of carbonyl (C=O) groups is 1. The number of aliphatic hydroxyl groups is 1. The van der Waals surface area contributed by atoms with Crippen LogP contribution in [0.5, 0.6) is 0 Å². The Bertz CT molecular complexity index is 692. The van der Waals surface area contributed by atoms with Crippen LogP contribution in [0, 0.1) is 0 Å².